The molecular formula is C34H28F4N6O3. The van der Waals surface area contributed by atoms with Gasteiger partial charge in [-0.05, 0) is 67.8 Å². The molecule has 3 amide bonds. The molecule has 13 heteroatoms. The summed E-state index contributed by atoms with van der Waals surface area (Å²) in [5.41, 5.74) is -0.302. The van der Waals surface area contributed by atoms with Gasteiger partial charge in [-0.1, -0.05) is 36.4 Å². The number of nitrogens with zero attached hydrogens (tertiary/aromatic N) is 5. The molecule has 47 heavy (non-hydrogen) atoms. The average Bonchev–Trinajstić information content (AvgIpc) is 3.71. The Morgan fingerprint density at radius 2 is 1.77 bits per heavy atom. The number of likely N-dealkylation sites (tertiary alicyclic amines) is 1. The summed E-state index contributed by atoms with van der Waals surface area (Å²) >= 11 is 0. The number of carbonyl (C=O) groups is 3. The summed E-state index contributed by atoms with van der Waals surface area (Å²) in [5, 5.41) is 17.1. The van der Waals surface area contributed by atoms with Crippen molar-refractivity contribution in [2.45, 2.75) is 43.9 Å². The number of rotatable bonds is 6. The molecule has 0 saturated carbocycles. The molecule has 1 fully saturated rings. The van der Waals surface area contributed by atoms with Crippen LogP contribution in [0.4, 0.5) is 23.4 Å². The summed E-state index contributed by atoms with van der Waals surface area (Å²) in [6.07, 6.45) is -3.64. The van der Waals surface area contributed by atoms with Crippen LogP contribution < -0.4 is 10.2 Å². The lowest BCUT2D eigenvalue weighted by Crippen LogP contribution is -2.55. The number of anilines is 1. The van der Waals surface area contributed by atoms with Gasteiger partial charge in [-0.2, -0.15) is 23.5 Å². The number of alkyl halides is 3. The number of carbonyl (C=O) groups excluding carboxylic acids is 3. The SMILES string of the molecule is CCN1C(=O)[C@@H](NC(=O)c2cccc(C(F)(F)F)c2)[C@@H](c2ccc(F)cc2)c2c(C(=O)N3CCC[C@@H]3C#N)nn(-c3ccccc3)c21. The van der Waals surface area contributed by atoms with Gasteiger partial charge in [0.15, 0.2) is 5.69 Å². The van der Waals surface area contributed by atoms with Crippen LogP contribution in [0.3, 0.4) is 0 Å². The van der Waals surface area contributed by atoms with E-state index in [2.05, 4.69) is 11.4 Å². The predicted molar refractivity (Wildman–Crippen MR) is 162 cm³/mol. The van der Waals surface area contributed by atoms with Gasteiger partial charge in [0.25, 0.3) is 17.7 Å². The summed E-state index contributed by atoms with van der Waals surface area (Å²) in [7, 11) is 0. The van der Waals surface area contributed by atoms with Crippen molar-refractivity contribution in [1.82, 2.24) is 20.0 Å². The minimum atomic E-state index is -4.71. The molecule has 9 nitrogen and oxygen atoms in total. The van der Waals surface area contributed by atoms with E-state index in [1.54, 1.807) is 37.3 Å². The highest BCUT2D eigenvalue weighted by atomic mass is 19.4. The molecule has 240 valence electrons. The fourth-order valence-electron chi connectivity index (χ4n) is 6.28. The predicted octanol–water partition coefficient (Wildman–Crippen LogP) is 5.46. The Bertz CT molecular complexity index is 1880. The molecule has 6 rings (SSSR count). The second kappa shape index (κ2) is 12.4. The van der Waals surface area contributed by atoms with Gasteiger partial charge in [-0.15, -0.1) is 0 Å². The number of likely N-dealkylation sites (N-methyl/N-ethyl adjacent to an activating group) is 1. The van der Waals surface area contributed by atoms with Crippen LogP contribution in [0.1, 0.15) is 63.2 Å². The van der Waals surface area contributed by atoms with Crippen LogP contribution in [0.25, 0.3) is 5.69 Å². The van der Waals surface area contributed by atoms with E-state index in [0.717, 1.165) is 12.1 Å². The zero-order chi connectivity index (χ0) is 33.5. The standard InChI is InChI=1S/C34H28F4N6O3/c1-2-42-31-27(29(33(47)43-17-7-12-25(43)19-39)41-44(31)24-10-4-3-5-11-24)26(20-13-15-23(35)16-14-20)28(32(42)46)40-30(45)21-8-6-9-22(18-21)34(36,37)38/h3-6,8-11,13-16,18,25-26,28H,2,7,12,17H2,1H3,(H,40,45)/t25-,26+,28+/m1/s1. The van der Waals surface area contributed by atoms with E-state index in [9.17, 15) is 37.2 Å². The molecule has 1 aromatic heterocycles. The molecule has 1 N–H and O–H groups in total. The first kappa shape index (κ1) is 31.5. The van der Waals surface area contributed by atoms with Crippen LogP contribution >= 0.6 is 0 Å². The highest BCUT2D eigenvalue weighted by Gasteiger charge is 2.48. The molecule has 0 radical (unpaired) electrons. The third kappa shape index (κ3) is 5.71. The molecule has 0 aliphatic carbocycles. The second-order valence-electron chi connectivity index (χ2n) is 11.3. The topological polar surface area (TPSA) is 111 Å². The van der Waals surface area contributed by atoms with E-state index in [-0.39, 0.29) is 29.2 Å². The van der Waals surface area contributed by atoms with Crippen molar-refractivity contribution in [3.05, 3.63) is 113 Å². The van der Waals surface area contributed by atoms with Gasteiger partial charge < -0.3 is 10.2 Å². The van der Waals surface area contributed by atoms with Crippen LogP contribution in [0.5, 0.6) is 0 Å². The number of hydrogen-bond acceptors (Lipinski definition) is 5. The minimum Gasteiger partial charge on any atom is -0.339 e. The van der Waals surface area contributed by atoms with Gasteiger partial charge in [-0.25, -0.2) is 9.07 Å². The number of halogens is 4. The van der Waals surface area contributed by atoms with E-state index in [1.807, 2.05) is 0 Å². The van der Waals surface area contributed by atoms with Crippen LogP contribution in [0, 0.1) is 17.1 Å². The highest BCUT2D eigenvalue weighted by Crippen LogP contribution is 2.44. The number of benzene rings is 3. The molecule has 1 saturated heterocycles. The maximum atomic E-state index is 14.4. The van der Waals surface area contributed by atoms with Crippen LogP contribution in [0.2, 0.25) is 0 Å². The molecule has 3 aromatic carbocycles. The molecule has 0 spiro atoms. The van der Waals surface area contributed by atoms with Crippen LogP contribution in [-0.4, -0.2) is 57.6 Å². The van der Waals surface area contributed by atoms with E-state index in [1.165, 1.54) is 44.8 Å². The number of nitrogens with one attached hydrogen (secondary N) is 1. The van der Waals surface area contributed by atoms with Gasteiger partial charge in [0.2, 0.25) is 0 Å². The Morgan fingerprint density at radius 3 is 2.43 bits per heavy atom. The average molecular weight is 645 g/mol. The van der Waals surface area contributed by atoms with Crippen molar-refractivity contribution in [2.75, 3.05) is 18.0 Å². The molecular weight excluding hydrogens is 616 g/mol. The fourth-order valence-corrected chi connectivity index (χ4v) is 6.28. The van der Waals surface area contributed by atoms with Gasteiger partial charge in [-0.3, -0.25) is 19.3 Å². The lowest BCUT2D eigenvalue weighted by molar-refractivity contribution is -0.137. The second-order valence-corrected chi connectivity index (χ2v) is 11.3. The molecule has 2 aliphatic rings. The summed E-state index contributed by atoms with van der Waals surface area (Å²) in [4.78, 5) is 45.0. The Labute approximate surface area is 267 Å². The van der Waals surface area contributed by atoms with E-state index in [0.29, 0.717) is 36.7 Å². The first-order chi connectivity index (χ1) is 22.5. The minimum absolute atomic E-state index is 0.0652. The first-order valence-corrected chi connectivity index (χ1v) is 15.0. The zero-order valence-electron chi connectivity index (χ0n) is 25.0. The monoisotopic (exact) mass is 644 g/mol. The van der Waals surface area contributed by atoms with Gasteiger partial charge in [0, 0.05) is 30.1 Å². The van der Waals surface area contributed by atoms with Crippen molar-refractivity contribution in [2.24, 2.45) is 0 Å². The van der Waals surface area contributed by atoms with Crippen molar-refractivity contribution >= 4 is 23.5 Å². The number of aromatic nitrogens is 2. The Hall–Kier alpha value is -5.51. The van der Waals surface area contributed by atoms with Crippen molar-refractivity contribution in [3.8, 4) is 11.8 Å². The smallest absolute Gasteiger partial charge is 0.339 e. The van der Waals surface area contributed by atoms with E-state index < -0.39 is 53.3 Å². The first-order valence-electron chi connectivity index (χ1n) is 15.0. The normalized spacial score (nSPS) is 19.3. The third-order valence-electron chi connectivity index (χ3n) is 8.48. The van der Waals surface area contributed by atoms with Gasteiger partial charge in [0.05, 0.1) is 17.3 Å². The quantitative estimate of drug-likeness (QED) is 0.281. The number of fused-ring (bicyclic) bond motifs is 1. The van der Waals surface area contributed by atoms with Crippen molar-refractivity contribution in [1.29, 1.82) is 5.26 Å². The Balaban J connectivity index is 1.57. The summed E-state index contributed by atoms with van der Waals surface area (Å²) in [6.45, 7) is 2.08. The number of hydrogen-bond donors (Lipinski definition) is 1. The van der Waals surface area contributed by atoms with Gasteiger partial charge in [0.1, 0.15) is 23.7 Å². The maximum absolute atomic E-state index is 14.4. The van der Waals surface area contributed by atoms with Crippen molar-refractivity contribution < 1.29 is 31.9 Å². The number of nitriles is 1. The van der Waals surface area contributed by atoms with E-state index >= 15 is 0 Å². The van der Waals surface area contributed by atoms with Crippen LogP contribution in [0.15, 0.2) is 78.9 Å². The summed E-state index contributed by atoms with van der Waals surface area (Å²) in [6, 6.07) is 17.8. The maximum Gasteiger partial charge on any atom is 0.416 e. The van der Waals surface area contributed by atoms with Crippen LogP contribution in [-0.2, 0) is 11.0 Å². The lowest BCUT2D eigenvalue weighted by Gasteiger charge is -2.38. The van der Waals surface area contributed by atoms with Gasteiger partial charge >= 0.3 is 6.18 Å². The van der Waals surface area contributed by atoms with E-state index in [4.69, 9.17) is 5.10 Å². The molecule has 0 unspecified atom stereocenters. The molecule has 4 aromatic rings. The fraction of sp³-hybridized carbons (Fsp3) is 0.265. The largest absolute Gasteiger partial charge is 0.416 e. The Kier molecular flexibility index (Phi) is 8.27. The lowest BCUT2D eigenvalue weighted by atomic mass is 9.80. The number of para-hydroxylation sites is 1. The summed E-state index contributed by atoms with van der Waals surface area (Å²) in [5.74, 6) is -3.55. The summed E-state index contributed by atoms with van der Waals surface area (Å²) < 4.78 is 56.1. The highest BCUT2D eigenvalue weighted by molar-refractivity contribution is 6.07. The molecule has 2 aliphatic heterocycles. The molecule has 3 heterocycles. The van der Waals surface area contributed by atoms with Crippen molar-refractivity contribution in [3.63, 3.8) is 0 Å². The third-order valence-corrected chi connectivity index (χ3v) is 8.48. The number of amides is 3. The molecule has 3 atom stereocenters. The Morgan fingerprint density at radius 1 is 1.04 bits per heavy atom. The zero-order valence-corrected chi connectivity index (χ0v) is 25.0. The molecule has 0 bridgehead atoms.